The zero-order valence-corrected chi connectivity index (χ0v) is 7.78. The quantitative estimate of drug-likeness (QED) is 0.729. The van der Waals surface area contributed by atoms with Crippen LogP contribution in [0.15, 0.2) is 22.8 Å². The lowest BCUT2D eigenvalue weighted by molar-refractivity contribution is -0.141. The van der Waals surface area contributed by atoms with E-state index >= 15 is 0 Å². The summed E-state index contributed by atoms with van der Waals surface area (Å²) in [6, 6.07) is 3.11. The maximum absolute atomic E-state index is 11.2. The van der Waals surface area contributed by atoms with Gasteiger partial charge in [-0.25, -0.2) is 0 Å². The Balaban J connectivity index is 0.00000196. The number of amides is 1. The molecule has 5 nitrogen and oxygen atoms in total. The molecule has 0 saturated heterocycles. The average Bonchev–Trinajstić information content (AvgIpc) is 2.67. The molecule has 78 valence electrons. The smallest absolute Gasteiger partial charge is 0.325 e. The van der Waals surface area contributed by atoms with E-state index in [-0.39, 0.29) is 13.7 Å². The molecule has 0 aliphatic heterocycles. The fourth-order valence-corrected chi connectivity index (χ4v) is 0.859. The Bertz CT molecular complexity index is 310. The van der Waals surface area contributed by atoms with E-state index in [2.05, 4.69) is 10.1 Å². The van der Waals surface area contributed by atoms with Crippen LogP contribution in [0.3, 0.4) is 0 Å². The molecule has 0 bridgehead atoms. The number of furan rings is 1. The highest BCUT2D eigenvalue weighted by Crippen LogP contribution is 1.98. The predicted octanol–water partition coefficient (Wildman–Crippen LogP) is 0.818. The number of hydrogen-bond donors (Lipinski definition) is 1. The highest BCUT2D eigenvalue weighted by Gasteiger charge is 2.09. The highest BCUT2D eigenvalue weighted by atomic mass is 16.5. The lowest BCUT2D eigenvalue weighted by Gasteiger charge is -2.02. The molecule has 0 aliphatic rings. The Morgan fingerprint density at radius 1 is 1.64 bits per heavy atom. The van der Waals surface area contributed by atoms with Gasteiger partial charge in [0.05, 0.1) is 12.9 Å². The maximum Gasteiger partial charge on any atom is 0.325 e. The van der Waals surface area contributed by atoms with E-state index in [1.165, 1.54) is 12.3 Å². The van der Waals surface area contributed by atoms with Gasteiger partial charge in [-0.1, -0.05) is 0 Å². The van der Waals surface area contributed by atoms with E-state index in [1.807, 2.05) is 0 Å². The van der Waals surface area contributed by atoms with Crippen molar-refractivity contribution in [2.24, 2.45) is 0 Å². The molecule has 1 amide bonds. The highest BCUT2D eigenvalue weighted by molar-refractivity contribution is 5.93. The van der Waals surface area contributed by atoms with Crippen LogP contribution < -0.4 is 5.32 Å². The van der Waals surface area contributed by atoms with Crippen molar-refractivity contribution in [3.8, 4) is 0 Å². The molecule has 14 heavy (non-hydrogen) atoms. The van der Waals surface area contributed by atoms with E-state index < -0.39 is 11.9 Å². The third-order valence-corrected chi connectivity index (χ3v) is 1.44. The number of nitrogens with one attached hydrogen (secondary N) is 1. The molecule has 5 heteroatoms. The summed E-state index contributed by atoms with van der Waals surface area (Å²) in [5.41, 5.74) is 0. The van der Waals surface area contributed by atoms with Gasteiger partial charge >= 0.3 is 5.97 Å². The Morgan fingerprint density at radius 3 is 3.00 bits per heavy atom. The molecule has 0 aromatic carbocycles. The first-order valence-corrected chi connectivity index (χ1v) is 4.21. The fourth-order valence-electron chi connectivity index (χ4n) is 0.859. The van der Waals surface area contributed by atoms with Crippen LogP contribution in [0.2, 0.25) is 0 Å². The van der Waals surface area contributed by atoms with E-state index in [0.717, 1.165) is 0 Å². The summed E-state index contributed by atoms with van der Waals surface area (Å²) in [5.74, 6) is -0.718. The summed E-state index contributed by atoms with van der Waals surface area (Å²) in [6.07, 6.45) is 1.39. The van der Waals surface area contributed by atoms with E-state index in [1.54, 1.807) is 13.0 Å². The number of carbonyl (C=O) groups is 2. The van der Waals surface area contributed by atoms with Gasteiger partial charge in [0.1, 0.15) is 6.54 Å². The second-order valence-corrected chi connectivity index (χ2v) is 2.47. The van der Waals surface area contributed by atoms with Gasteiger partial charge in [-0.15, -0.1) is 0 Å². The van der Waals surface area contributed by atoms with Crippen LogP contribution >= 0.6 is 0 Å². The van der Waals surface area contributed by atoms with Crippen molar-refractivity contribution < 1.29 is 20.2 Å². The molecule has 0 aliphatic carbocycles. The molecule has 0 saturated carbocycles. The minimum atomic E-state index is -0.465. The van der Waals surface area contributed by atoms with Crippen LogP contribution in [0.1, 0.15) is 18.9 Å². The first-order chi connectivity index (χ1) is 6.74. The molecular formula is C9H13NO4. The fraction of sp³-hybridized carbons (Fsp3) is 0.333. The van der Waals surface area contributed by atoms with Crippen LogP contribution in [0.5, 0.6) is 0 Å². The van der Waals surface area contributed by atoms with Gasteiger partial charge in [0.2, 0.25) is 0 Å². The van der Waals surface area contributed by atoms with Crippen LogP contribution in [0.25, 0.3) is 0 Å². The largest absolute Gasteiger partial charge is 0.465 e. The van der Waals surface area contributed by atoms with Gasteiger partial charge in [-0.05, 0) is 19.1 Å². The standard InChI is InChI=1S/C9H11NO4.H2/c1-2-13-8(11)6-10-9(12)7-4-3-5-14-7;/h3-5H,2,6H2,1H3,(H,10,12);1H. The van der Waals surface area contributed by atoms with Gasteiger partial charge in [-0.3, -0.25) is 9.59 Å². The number of hydrogen-bond acceptors (Lipinski definition) is 4. The second kappa shape index (κ2) is 5.06. The van der Waals surface area contributed by atoms with Crippen molar-refractivity contribution in [3.05, 3.63) is 24.2 Å². The minimum absolute atomic E-state index is 0. The van der Waals surface area contributed by atoms with E-state index in [0.29, 0.717) is 6.61 Å². The number of rotatable bonds is 4. The predicted molar refractivity (Wildman–Crippen MR) is 49.8 cm³/mol. The molecule has 1 rings (SSSR count). The molecule has 0 radical (unpaired) electrons. The summed E-state index contributed by atoms with van der Waals surface area (Å²) >= 11 is 0. The summed E-state index contributed by atoms with van der Waals surface area (Å²) < 4.78 is 9.45. The third-order valence-electron chi connectivity index (χ3n) is 1.44. The first-order valence-electron chi connectivity index (χ1n) is 4.21. The minimum Gasteiger partial charge on any atom is -0.465 e. The van der Waals surface area contributed by atoms with Crippen molar-refractivity contribution in [1.82, 2.24) is 5.32 Å². The van der Waals surface area contributed by atoms with Crippen molar-refractivity contribution >= 4 is 11.9 Å². The molecule has 0 fully saturated rings. The van der Waals surface area contributed by atoms with Crippen molar-refractivity contribution in [2.75, 3.05) is 13.2 Å². The van der Waals surface area contributed by atoms with Crippen molar-refractivity contribution in [3.63, 3.8) is 0 Å². The molecule has 0 unspecified atom stereocenters. The van der Waals surface area contributed by atoms with Crippen LogP contribution in [-0.2, 0) is 9.53 Å². The van der Waals surface area contributed by atoms with Crippen molar-refractivity contribution in [1.29, 1.82) is 0 Å². The van der Waals surface area contributed by atoms with E-state index in [4.69, 9.17) is 4.42 Å². The van der Waals surface area contributed by atoms with Crippen LogP contribution in [-0.4, -0.2) is 25.0 Å². The van der Waals surface area contributed by atoms with Crippen molar-refractivity contribution in [2.45, 2.75) is 6.92 Å². The van der Waals surface area contributed by atoms with Gasteiger partial charge in [0, 0.05) is 1.43 Å². The van der Waals surface area contributed by atoms with Gasteiger partial charge in [-0.2, -0.15) is 0 Å². The zero-order valence-electron chi connectivity index (χ0n) is 7.78. The number of carbonyl (C=O) groups excluding carboxylic acids is 2. The first kappa shape index (κ1) is 10.3. The average molecular weight is 199 g/mol. The topological polar surface area (TPSA) is 68.5 Å². The monoisotopic (exact) mass is 199 g/mol. The maximum atomic E-state index is 11.2. The van der Waals surface area contributed by atoms with E-state index in [9.17, 15) is 9.59 Å². The Labute approximate surface area is 82.5 Å². The normalized spacial score (nSPS) is 9.50. The summed E-state index contributed by atoms with van der Waals surface area (Å²) in [6.45, 7) is 1.86. The van der Waals surface area contributed by atoms with Gasteiger partial charge < -0.3 is 14.5 Å². The molecule has 1 N–H and O–H groups in total. The molecule has 1 aromatic rings. The Morgan fingerprint density at radius 2 is 2.43 bits per heavy atom. The Kier molecular flexibility index (Phi) is 3.72. The number of ether oxygens (including phenoxy) is 1. The van der Waals surface area contributed by atoms with Gasteiger partial charge in [0.25, 0.3) is 5.91 Å². The molecule has 0 atom stereocenters. The lowest BCUT2D eigenvalue weighted by atomic mass is 10.4. The summed E-state index contributed by atoms with van der Waals surface area (Å²) in [7, 11) is 0. The Hall–Kier alpha value is -1.78. The lowest BCUT2D eigenvalue weighted by Crippen LogP contribution is -2.30. The summed E-state index contributed by atoms with van der Waals surface area (Å²) in [4.78, 5) is 22.1. The van der Waals surface area contributed by atoms with Crippen LogP contribution in [0, 0.1) is 0 Å². The SMILES string of the molecule is CCOC(=O)CNC(=O)c1ccco1.[HH]. The molecule has 1 aromatic heterocycles. The molecule has 1 heterocycles. The summed E-state index contributed by atoms with van der Waals surface area (Å²) in [5, 5.41) is 2.36. The zero-order chi connectivity index (χ0) is 10.4. The molecular weight excluding hydrogens is 186 g/mol. The third kappa shape index (κ3) is 2.93. The van der Waals surface area contributed by atoms with Crippen LogP contribution in [0.4, 0.5) is 0 Å². The number of esters is 1. The van der Waals surface area contributed by atoms with Gasteiger partial charge in [0.15, 0.2) is 5.76 Å². The molecule has 0 spiro atoms. The second-order valence-electron chi connectivity index (χ2n) is 2.47.